The fourth-order valence-electron chi connectivity index (χ4n) is 1.69. The highest BCUT2D eigenvalue weighted by atomic mass is 79.9. The van der Waals surface area contributed by atoms with Gasteiger partial charge < -0.3 is 4.74 Å². The van der Waals surface area contributed by atoms with E-state index in [1.807, 2.05) is 36.4 Å². The number of aromatic nitrogens is 2. The number of halogens is 2. The maximum absolute atomic E-state index is 5.85. The van der Waals surface area contributed by atoms with Crippen LogP contribution in [-0.4, -0.2) is 9.97 Å². The summed E-state index contributed by atoms with van der Waals surface area (Å²) >= 11 is 6.78. The van der Waals surface area contributed by atoms with Gasteiger partial charge in [0.05, 0.1) is 5.52 Å². The first-order valence-corrected chi connectivity index (χ1v) is 7.15. The molecule has 1 aromatic carbocycles. The van der Waals surface area contributed by atoms with Crippen molar-refractivity contribution < 1.29 is 4.74 Å². The number of fused-ring (bicyclic) bond motifs is 1. The number of hydrogen-bond donors (Lipinski definition) is 0. The van der Waals surface area contributed by atoms with Crippen molar-refractivity contribution in [2.75, 3.05) is 0 Å². The van der Waals surface area contributed by atoms with E-state index in [9.17, 15) is 0 Å². The molecule has 94 valence electrons. The Hall–Kier alpha value is -1.46. The number of benzene rings is 1. The minimum Gasteiger partial charge on any atom is -0.455 e. The van der Waals surface area contributed by atoms with Crippen molar-refractivity contribution in [2.45, 2.75) is 0 Å². The molecule has 0 atom stereocenters. The molecule has 0 unspecified atom stereocenters. The number of ether oxygens (including phenoxy) is 1. The van der Waals surface area contributed by atoms with Crippen molar-refractivity contribution in [3.63, 3.8) is 0 Å². The number of hydrogen-bond acceptors (Lipinski definition) is 3. The Morgan fingerprint density at radius 2 is 1.68 bits per heavy atom. The van der Waals surface area contributed by atoms with Crippen LogP contribution in [0.1, 0.15) is 0 Å². The highest BCUT2D eigenvalue weighted by molar-refractivity contribution is 9.10. The van der Waals surface area contributed by atoms with Crippen molar-refractivity contribution in [2.24, 2.45) is 0 Å². The molecule has 0 aliphatic rings. The van der Waals surface area contributed by atoms with Gasteiger partial charge in [-0.15, -0.1) is 0 Å². The van der Waals surface area contributed by atoms with Crippen molar-refractivity contribution in [1.29, 1.82) is 0 Å². The van der Waals surface area contributed by atoms with Crippen LogP contribution in [0.25, 0.3) is 11.0 Å². The van der Waals surface area contributed by atoms with Gasteiger partial charge in [0.25, 0.3) is 0 Å². The second-order valence-corrected chi connectivity index (χ2v) is 5.72. The Labute approximate surface area is 126 Å². The van der Waals surface area contributed by atoms with Crippen molar-refractivity contribution in [3.05, 3.63) is 57.7 Å². The van der Waals surface area contributed by atoms with Gasteiger partial charge in [-0.3, -0.25) is 4.98 Å². The molecule has 0 saturated heterocycles. The predicted octanol–water partition coefficient (Wildman–Crippen LogP) is 4.95. The molecule has 0 N–H and O–H groups in total. The SMILES string of the molecule is Brc1ccc(Oc2ccnc3cc(Br)cnc23)cc1. The summed E-state index contributed by atoms with van der Waals surface area (Å²) in [5, 5.41) is 0. The molecule has 0 radical (unpaired) electrons. The van der Waals surface area contributed by atoms with E-state index in [2.05, 4.69) is 41.8 Å². The quantitative estimate of drug-likeness (QED) is 0.632. The van der Waals surface area contributed by atoms with Crippen LogP contribution >= 0.6 is 31.9 Å². The Bertz CT molecular complexity index is 729. The van der Waals surface area contributed by atoms with E-state index >= 15 is 0 Å². The van der Waals surface area contributed by atoms with E-state index in [1.54, 1.807) is 12.4 Å². The van der Waals surface area contributed by atoms with Gasteiger partial charge in [0.15, 0.2) is 5.75 Å². The number of nitrogens with zero attached hydrogens (tertiary/aromatic N) is 2. The Morgan fingerprint density at radius 1 is 0.895 bits per heavy atom. The fourth-order valence-corrected chi connectivity index (χ4v) is 2.28. The monoisotopic (exact) mass is 378 g/mol. The lowest BCUT2D eigenvalue weighted by Crippen LogP contribution is -1.89. The van der Waals surface area contributed by atoms with E-state index in [4.69, 9.17) is 4.74 Å². The predicted molar refractivity (Wildman–Crippen MR) is 81.5 cm³/mol. The molecule has 2 heterocycles. The average molecular weight is 380 g/mol. The summed E-state index contributed by atoms with van der Waals surface area (Å²) in [4.78, 5) is 8.63. The molecule has 19 heavy (non-hydrogen) atoms. The molecule has 0 aliphatic carbocycles. The maximum atomic E-state index is 5.85. The van der Waals surface area contributed by atoms with E-state index in [0.29, 0.717) is 5.75 Å². The summed E-state index contributed by atoms with van der Waals surface area (Å²) in [6, 6.07) is 11.4. The van der Waals surface area contributed by atoms with Gasteiger partial charge in [-0.25, -0.2) is 4.98 Å². The molecule has 5 heteroatoms. The zero-order valence-corrected chi connectivity index (χ0v) is 12.8. The molecule has 0 saturated carbocycles. The van der Waals surface area contributed by atoms with Crippen molar-refractivity contribution >= 4 is 42.9 Å². The zero-order chi connectivity index (χ0) is 13.2. The van der Waals surface area contributed by atoms with Crippen LogP contribution in [0.15, 0.2) is 57.7 Å². The standard InChI is InChI=1S/C14H8Br2N2O/c15-9-1-3-11(4-2-9)19-13-5-6-17-12-7-10(16)8-18-14(12)13/h1-8H. The molecule has 3 rings (SSSR count). The van der Waals surface area contributed by atoms with E-state index in [-0.39, 0.29) is 0 Å². The number of pyridine rings is 2. The van der Waals surface area contributed by atoms with Gasteiger partial charge in [-0.05, 0) is 46.3 Å². The van der Waals surface area contributed by atoms with Crippen LogP contribution in [0.3, 0.4) is 0 Å². The number of rotatable bonds is 2. The van der Waals surface area contributed by atoms with Gasteiger partial charge >= 0.3 is 0 Å². The highest BCUT2D eigenvalue weighted by Gasteiger charge is 2.06. The molecule has 0 amide bonds. The van der Waals surface area contributed by atoms with Crippen LogP contribution in [-0.2, 0) is 0 Å². The van der Waals surface area contributed by atoms with Gasteiger partial charge in [0, 0.05) is 27.4 Å². The molecule has 0 bridgehead atoms. The molecular weight excluding hydrogens is 372 g/mol. The summed E-state index contributed by atoms with van der Waals surface area (Å²) in [5.41, 5.74) is 1.54. The second-order valence-electron chi connectivity index (χ2n) is 3.89. The van der Waals surface area contributed by atoms with E-state index < -0.39 is 0 Å². The maximum Gasteiger partial charge on any atom is 0.156 e. The molecule has 0 spiro atoms. The smallest absolute Gasteiger partial charge is 0.156 e. The van der Waals surface area contributed by atoms with Crippen LogP contribution in [0, 0.1) is 0 Å². The molecule has 2 aromatic heterocycles. The van der Waals surface area contributed by atoms with Gasteiger partial charge in [0.2, 0.25) is 0 Å². The summed E-state index contributed by atoms with van der Waals surface area (Å²) in [5.74, 6) is 1.46. The third-order valence-corrected chi connectivity index (χ3v) is 3.51. The van der Waals surface area contributed by atoms with E-state index in [0.717, 1.165) is 25.7 Å². The molecular formula is C14H8Br2N2O. The first kappa shape index (κ1) is 12.6. The lowest BCUT2D eigenvalue weighted by molar-refractivity contribution is 0.486. The Kier molecular flexibility index (Phi) is 3.48. The summed E-state index contributed by atoms with van der Waals surface area (Å²) in [6.45, 7) is 0. The van der Waals surface area contributed by atoms with Crippen molar-refractivity contribution in [3.8, 4) is 11.5 Å². The minimum atomic E-state index is 0.694. The van der Waals surface area contributed by atoms with Crippen LogP contribution in [0.4, 0.5) is 0 Å². The first-order chi connectivity index (χ1) is 9.22. The third kappa shape index (κ3) is 2.77. The molecule has 0 fully saturated rings. The van der Waals surface area contributed by atoms with Crippen LogP contribution in [0.5, 0.6) is 11.5 Å². The normalized spacial score (nSPS) is 10.6. The molecule has 3 nitrogen and oxygen atoms in total. The van der Waals surface area contributed by atoms with Gasteiger partial charge in [-0.1, -0.05) is 15.9 Å². The first-order valence-electron chi connectivity index (χ1n) is 5.56. The minimum absolute atomic E-state index is 0.694. The lowest BCUT2D eigenvalue weighted by atomic mass is 10.3. The van der Waals surface area contributed by atoms with Crippen molar-refractivity contribution in [1.82, 2.24) is 9.97 Å². The van der Waals surface area contributed by atoms with Gasteiger partial charge in [0.1, 0.15) is 11.3 Å². The topological polar surface area (TPSA) is 35.0 Å². The Balaban J connectivity index is 2.03. The van der Waals surface area contributed by atoms with Gasteiger partial charge in [-0.2, -0.15) is 0 Å². The average Bonchev–Trinajstić information content (AvgIpc) is 2.41. The molecule has 3 aromatic rings. The summed E-state index contributed by atoms with van der Waals surface area (Å²) in [6.07, 6.45) is 3.45. The summed E-state index contributed by atoms with van der Waals surface area (Å²) < 4.78 is 7.76. The highest BCUT2D eigenvalue weighted by Crippen LogP contribution is 2.29. The lowest BCUT2D eigenvalue weighted by Gasteiger charge is -2.08. The summed E-state index contributed by atoms with van der Waals surface area (Å²) in [7, 11) is 0. The Morgan fingerprint density at radius 3 is 2.47 bits per heavy atom. The van der Waals surface area contributed by atoms with E-state index in [1.165, 1.54) is 0 Å². The second kappa shape index (κ2) is 5.27. The zero-order valence-electron chi connectivity index (χ0n) is 9.68. The van der Waals surface area contributed by atoms with Crippen LogP contribution < -0.4 is 4.74 Å². The largest absolute Gasteiger partial charge is 0.455 e. The fraction of sp³-hybridized carbons (Fsp3) is 0. The van der Waals surface area contributed by atoms with Crippen LogP contribution in [0.2, 0.25) is 0 Å². The third-order valence-electron chi connectivity index (χ3n) is 2.55. The molecule has 0 aliphatic heterocycles.